The average Bonchev–Trinajstić information content (AvgIpc) is 3.05. The summed E-state index contributed by atoms with van der Waals surface area (Å²) in [6, 6.07) is 2.19. The Bertz CT molecular complexity index is 460. The first kappa shape index (κ1) is 12.0. The molecule has 1 aromatic rings. The number of fused-ring (bicyclic) bond motifs is 1. The lowest BCUT2D eigenvalue weighted by molar-refractivity contribution is 0.0730. The van der Waals surface area contributed by atoms with Crippen molar-refractivity contribution in [1.29, 1.82) is 0 Å². The lowest BCUT2D eigenvalue weighted by atomic mass is 9.95. The van der Waals surface area contributed by atoms with Crippen LogP contribution in [0.5, 0.6) is 5.75 Å². The van der Waals surface area contributed by atoms with E-state index in [4.69, 9.17) is 4.74 Å². The van der Waals surface area contributed by atoms with Gasteiger partial charge in [-0.3, -0.25) is 4.79 Å². The van der Waals surface area contributed by atoms with Crippen LogP contribution >= 0.6 is 11.3 Å². The zero-order valence-electron chi connectivity index (χ0n) is 10.7. The van der Waals surface area contributed by atoms with Crippen LogP contribution in [-0.2, 0) is 0 Å². The zero-order chi connectivity index (χ0) is 12.7. The zero-order valence-corrected chi connectivity index (χ0v) is 11.5. The van der Waals surface area contributed by atoms with Gasteiger partial charge < -0.3 is 15.0 Å². The predicted molar refractivity (Wildman–Crippen MR) is 71.2 cm³/mol. The van der Waals surface area contributed by atoms with Crippen LogP contribution < -0.4 is 10.1 Å². The average molecular weight is 266 g/mol. The van der Waals surface area contributed by atoms with Gasteiger partial charge in [0, 0.05) is 25.7 Å². The summed E-state index contributed by atoms with van der Waals surface area (Å²) >= 11 is 1.47. The summed E-state index contributed by atoms with van der Waals surface area (Å²) in [5, 5.41) is 5.32. The second-order valence-electron chi connectivity index (χ2n) is 5.10. The van der Waals surface area contributed by atoms with E-state index in [0.717, 1.165) is 24.5 Å². The Morgan fingerprint density at radius 3 is 3.11 bits per heavy atom. The van der Waals surface area contributed by atoms with E-state index in [0.29, 0.717) is 23.6 Å². The first-order chi connectivity index (χ1) is 8.72. The minimum atomic E-state index is 0.128. The van der Waals surface area contributed by atoms with Gasteiger partial charge in [-0.15, -0.1) is 11.3 Å². The highest BCUT2D eigenvalue weighted by Gasteiger charge is 2.44. The molecule has 98 valence electrons. The molecule has 0 aromatic carbocycles. The van der Waals surface area contributed by atoms with Crippen molar-refractivity contribution in [2.24, 2.45) is 11.8 Å². The van der Waals surface area contributed by atoms with E-state index in [-0.39, 0.29) is 5.91 Å². The highest BCUT2D eigenvalue weighted by atomic mass is 32.1. The monoisotopic (exact) mass is 266 g/mol. The van der Waals surface area contributed by atoms with Gasteiger partial charge in [0.25, 0.3) is 5.91 Å². The van der Waals surface area contributed by atoms with Crippen LogP contribution in [0.1, 0.15) is 16.6 Å². The van der Waals surface area contributed by atoms with Gasteiger partial charge in [-0.1, -0.05) is 0 Å². The maximum atomic E-state index is 12.6. The number of nitrogens with one attached hydrogen (secondary N) is 1. The molecule has 2 fully saturated rings. The number of amides is 1. The number of methoxy groups -OCH3 is 1. The Kier molecular flexibility index (Phi) is 3.03. The smallest absolute Gasteiger partial charge is 0.268 e. The molecule has 5 heteroatoms. The van der Waals surface area contributed by atoms with Crippen LogP contribution in [0.15, 0.2) is 11.4 Å². The van der Waals surface area contributed by atoms with Crippen molar-refractivity contribution in [3.8, 4) is 5.75 Å². The summed E-state index contributed by atoms with van der Waals surface area (Å²) in [5.41, 5.74) is 0. The molecule has 0 aliphatic carbocycles. The Hall–Kier alpha value is -1.07. The SMILES string of the molecule is COc1ccsc1C(=O)N1CC2CNCC2C1C. The number of likely N-dealkylation sites (tertiary alicyclic amines) is 1. The van der Waals surface area contributed by atoms with Crippen LogP contribution in [0.4, 0.5) is 0 Å². The standard InChI is InChI=1S/C13H18N2O2S/c1-8-10-6-14-5-9(10)7-15(8)13(16)12-11(17-2)3-4-18-12/h3-4,8-10,14H,5-7H2,1-2H3. The van der Waals surface area contributed by atoms with Crippen molar-refractivity contribution in [1.82, 2.24) is 10.2 Å². The number of hydrogen-bond acceptors (Lipinski definition) is 4. The fraction of sp³-hybridized carbons (Fsp3) is 0.615. The highest BCUT2D eigenvalue weighted by Crippen LogP contribution is 2.35. The Balaban J connectivity index is 1.81. The van der Waals surface area contributed by atoms with E-state index in [1.165, 1.54) is 11.3 Å². The molecule has 0 saturated carbocycles. The summed E-state index contributed by atoms with van der Waals surface area (Å²) in [4.78, 5) is 15.3. The quantitative estimate of drug-likeness (QED) is 0.880. The summed E-state index contributed by atoms with van der Waals surface area (Å²) in [7, 11) is 1.62. The molecule has 0 bridgehead atoms. The second kappa shape index (κ2) is 4.55. The number of carbonyl (C=O) groups excluding carboxylic acids is 1. The third-order valence-corrected chi connectivity index (χ3v) is 5.12. The number of nitrogens with zero attached hydrogens (tertiary/aromatic N) is 1. The molecule has 2 saturated heterocycles. The van der Waals surface area contributed by atoms with Crippen molar-refractivity contribution in [3.05, 3.63) is 16.3 Å². The molecule has 3 atom stereocenters. The van der Waals surface area contributed by atoms with Gasteiger partial charge in [0.1, 0.15) is 10.6 Å². The summed E-state index contributed by atoms with van der Waals surface area (Å²) in [6.07, 6.45) is 0. The molecule has 2 aliphatic heterocycles. The first-order valence-corrected chi connectivity index (χ1v) is 7.23. The molecule has 1 aromatic heterocycles. The fourth-order valence-corrected chi connectivity index (χ4v) is 3.99. The molecule has 1 N–H and O–H groups in total. The van der Waals surface area contributed by atoms with E-state index in [9.17, 15) is 4.79 Å². The highest BCUT2D eigenvalue weighted by molar-refractivity contribution is 7.12. The van der Waals surface area contributed by atoms with Gasteiger partial charge in [0.2, 0.25) is 0 Å². The normalized spacial score (nSPS) is 30.6. The van der Waals surface area contributed by atoms with Crippen molar-refractivity contribution in [2.45, 2.75) is 13.0 Å². The number of rotatable bonds is 2. The van der Waals surface area contributed by atoms with Crippen LogP contribution in [0.3, 0.4) is 0 Å². The van der Waals surface area contributed by atoms with Gasteiger partial charge in [0.05, 0.1) is 7.11 Å². The molecule has 3 rings (SSSR count). The Morgan fingerprint density at radius 2 is 2.39 bits per heavy atom. The van der Waals surface area contributed by atoms with Gasteiger partial charge >= 0.3 is 0 Å². The molecule has 4 nitrogen and oxygen atoms in total. The molecule has 2 aliphatic rings. The van der Waals surface area contributed by atoms with Gasteiger partial charge in [0.15, 0.2) is 0 Å². The van der Waals surface area contributed by atoms with Crippen molar-refractivity contribution in [2.75, 3.05) is 26.7 Å². The fourth-order valence-electron chi connectivity index (χ4n) is 3.18. The Labute approximate surface area is 111 Å². The number of hydrogen-bond donors (Lipinski definition) is 1. The van der Waals surface area contributed by atoms with E-state index in [1.54, 1.807) is 7.11 Å². The molecular weight excluding hydrogens is 248 g/mol. The predicted octanol–water partition coefficient (Wildman–Crippen LogP) is 1.44. The molecule has 0 radical (unpaired) electrons. The van der Waals surface area contributed by atoms with Crippen LogP contribution in [0.2, 0.25) is 0 Å². The molecular formula is C13H18N2O2S. The Morgan fingerprint density at radius 1 is 1.56 bits per heavy atom. The maximum absolute atomic E-state index is 12.6. The third kappa shape index (κ3) is 1.73. The number of carbonyl (C=O) groups is 1. The number of ether oxygens (including phenoxy) is 1. The van der Waals surface area contributed by atoms with Crippen LogP contribution in [-0.4, -0.2) is 43.6 Å². The van der Waals surface area contributed by atoms with Gasteiger partial charge in [-0.2, -0.15) is 0 Å². The van der Waals surface area contributed by atoms with Crippen molar-refractivity contribution in [3.63, 3.8) is 0 Å². The largest absolute Gasteiger partial charge is 0.495 e. The molecule has 0 spiro atoms. The minimum absolute atomic E-state index is 0.128. The summed E-state index contributed by atoms with van der Waals surface area (Å²) in [5.74, 6) is 2.06. The molecule has 3 heterocycles. The third-order valence-electron chi connectivity index (χ3n) is 4.24. The molecule has 3 unspecified atom stereocenters. The van der Waals surface area contributed by atoms with Crippen molar-refractivity contribution < 1.29 is 9.53 Å². The number of thiophene rings is 1. The minimum Gasteiger partial charge on any atom is -0.495 e. The first-order valence-electron chi connectivity index (χ1n) is 6.35. The van der Waals surface area contributed by atoms with Gasteiger partial charge in [-0.05, 0) is 30.2 Å². The van der Waals surface area contributed by atoms with E-state index < -0.39 is 0 Å². The van der Waals surface area contributed by atoms with Gasteiger partial charge in [-0.25, -0.2) is 0 Å². The van der Waals surface area contributed by atoms with Crippen molar-refractivity contribution >= 4 is 17.2 Å². The lowest BCUT2D eigenvalue weighted by Crippen LogP contribution is -2.37. The molecule has 18 heavy (non-hydrogen) atoms. The topological polar surface area (TPSA) is 41.6 Å². The van der Waals surface area contributed by atoms with Crippen LogP contribution in [0.25, 0.3) is 0 Å². The summed E-state index contributed by atoms with van der Waals surface area (Å²) < 4.78 is 5.25. The maximum Gasteiger partial charge on any atom is 0.268 e. The second-order valence-corrected chi connectivity index (χ2v) is 6.01. The summed E-state index contributed by atoms with van der Waals surface area (Å²) in [6.45, 7) is 5.12. The van der Waals surface area contributed by atoms with E-state index in [1.807, 2.05) is 16.3 Å². The van der Waals surface area contributed by atoms with E-state index in [2.05, 4.69) is 12.2 Å². The van der Waals surface area contributed by atoms with E-state index >= 15 is 0 Å². The molecule has 1 amide bonds. The lowest BCUT2D eigenvalue weighted by Gasteiger charge is -2.24. The van der Waals surface area contributed by atoms with Crippen LogP contribution in [0, 0.1) is 11.8 Å².